The lowest BCUT2D eigenvalue weighted by atomic mass is 10.1. The second kappa shape index (κ2) is 5.61. The van der Waals surface area contributed by atoms with E-state index in [-0.39, 0.29) is 19.2 Å². The third-order valence-electron chi connectivity index (χ3n) is 3.33. The van der Waals surface area contributed by atoms with Crippen molar-refractivity contribution in [3.05, 3.63) is 53.3 Å². The average molecular weight is 290 g/mol. The number of fused-ring (bicyclic) bond motifs is 1. The first-order chi connectivity index (χ1) is 10.1. The van der Waals surface area contributed by atoms with Gasteiger partial charge in [-0.05, 0) is 36.2 Å². The Bertz CT molecular complexity index is 657. The van der Waals surface area contributed by atoms with Crippen LogP contribution in [0.3, 0.4) is 0 Å². The molecule has 1 aliphatic heterocycles. The molecule has 1 aliphatic rings. The van der Waals surface area contributed by atoms with Gasteiger partial charge < -0.3 is 19.3 Å². The van der Waals surface area contributed by atoms with Crippen LogP contribution in [0.1, 0.15) is 17.2 Å². The fourth-order valence-corrected chi connectivity index (χ4v) is 2.06. The van der Waals surface area contributed by atoms with Gasteiger partial charge in [0.15, 0.2) is 11.5 Å². The van der Waals surface area contributed by atoms with E-state index in [0.717, 1.165) is 0 Å². The van der Waals surface area contributed by atoms with E-state index in [1.165, 1.54) is 6.07 Å². The molecule has 5 heteroatoms. The van der Waals surface area contributed by atoms with Gasteiger partial charge in [-0.3, -0.25) is 0 Å². The minimum Gasteiger partial charge on any atom is -0.490 e. The first-order valence-electron chi connectivity index (χ1n) is 6.60. The zero-order valence-electron chi connectivity index (χ0n) is 11.5. The van der Waals surface area contributed by atoms with Crippen molar-refractivity contribution < 1.29 is 23.7 Å². The van der Waals surface area contributed by atoms with Crippen LogP contribution < -0.4 is 14.2 Å². The number of aliphatic hydroxyl groups is 1. The van der Waals surface area contributed by atoms with Crippen molar-refractivity contribution in [1.29, 1.82) is 0 Å². The Hall–Kier alpha value is -2.27. The summed E-state index contributed by atoms with van der Waals surface area (Å²) in [5.41, 5.74) is 1.21. The number of hydrogen-bond donors (Lipinski definition) is 1. The molecular weight excluding hydrogens is 275 g/mol. The van der Waals surface area contributed by atoms with E-state index < -0.39 is 6.10 Å². The van der Waals surface area contributed by atoms with Crippen LogP contribution in [0.5, 0.6) is 17.2 Å². The van der Waals surface area contributed by atoms with E-state index in [2.05, 4.69) is 0 Å². The van der Waals surface area contributed by atoms with Gasteiger partial charge in [-0.2, -0.15) is 0 Å². The van der Waals surface area contributed by atoms with E-state index >= 15 is 0 Å². The first-order valence-corrected chi connectivity index (χ1v) is 6.60. The van der Waals surface area contributed by atoms with Gasteiger partial charge in [0.05, 0.1) is 0 Å². The summed E-state index contributed by atoms with van der Waals surface area (Å²) >= 11 is 0. The maximum absolute atomic E-state index is 13.4. The zero-order valence-corrected chi connectivity index (χ0v) is 11.5. The van der Waals surface area contributed by atoms with Crippen LogP contribution in [0.15, 0.2) is 36.4 Å². The number of rotatable bonds is 4. The first kappa shape index (κ1) is 13.7. The van der Waals surface area contributed by atoms with Gasteiger partial charge in [-0.15, -0.1) is 0 Å². The van der Waals surface area contributed by atoms with Crippen LogP contribution in [0.4, 0.5) is 4.39 Å². The molecule has 1 N–H and O–H groups in total. The summed E-state index contributed by atoms with van der Waals surface area (Å²) in [6.45, 7) is 1.90. The molecule has 0 aromatic heterocycles. The third kappa shape index (κ3) is 2.92. The van der Waals surface area contributed by atoms with Gasteiger partial charge in [-0.25, -0.2) is 4.39 Å². The molecule has 3 rings (SSSR count). The van der Waals surface area contributed by atoms with Gasteiger partial charge >= 0.3 is 0 Å². The van der Waals surface area contributed by atoms with Crippen molar-refractivity contribution in [3.63, 3.8) is 0 Å². The molecule has 0 aliphatic carbocycles. The summed E-state index contributed by atoms with van der Waals surface area (Å²) in [6.07, 6.45) is -0.830. The predicted octanol–water partition coefficient (Wildman–Crippen LogP) is 2.98. The number of aliphatic hydroxyl groups excluding tert-OH is 1. The Labute approximate surface area is 121 Å². The van der Waals surface area contributed by atoms with E-state index in [1.54, 1.807) is 37.3 Å². The minimum absolute atomic E-state index is 0.0299. The van der Waals surface area contributed by atoms with E-state index in [9.17, 15) is 9.50 Å². The second-order valence-corrected chi connectivity index (χ2v) is 4.85. The maximum atomic E-state index is 13.4. The molecule has 110 valence electrons. The number of halogens is 1. The van der Waals surface area contributed by atoms with Crippen molar-refractivity contribution in [2.24, 2.45) is 0 Å². The van der Waals surface area contributed by atoms with E-state index in [1.807, 2.05) is 0 Å². The average Bonchev–Trinajstić information content (AvgIpc) is 2.95. The Morgan fingerprint density at radius 1 is 1.19 bits per heavy atom. The quantitative estimate of drug-likeness (QED) is 0.940. The summed E-state index contributed by atoms with van der Waals surface area (Å²) in [4.78, 5) is 0. The molecule has 4 nitrogen and oxygen atoms in total. The molecule has 0 spiro atoms. The highest BCUT2D eigenvalue weighted by Gasteiger charge is 2.17. The lowest BCUT2D eigenvalue weighted by molar-refractivity contribution is 0.108. The smallest absolute Gasteiger partial charge is 0.231 e. The van der Waals surface area contributed by atoms with Crippen molar-refractivity contribution in [2.75, 3.05) is 13.4 Å². The molecule has 0 bridgehead atoms. The number of hydrogen-bond acceptors (Lipinski definition) is 4. The van der Waals surface area contributed by atoms with Crippen LogP contribution in [0.25, 0.3) is 0 Å². The van der Waals surface area contributed by atoms with Crippen molar-refractivity contribution >= 4 is 0 Å². The lowest BCUT2D eigenvalue weighted by Gasteiger charge is -2.13. The largest absolute Gasteiger partial charge is 0.490 e. The molecule has 0 amide bonds. The molecule has 1 heterocycles. The number of aryl methyl sites for hydroxylation is 1. The van der Waals surface area contributed by atoms with Crippen LogP contribution in [-0.2, 0) is 0 Å². The predicted molar refractivity (Wildman–Crippen MR) is 74.2 cm³/mol. The van der Waals surface area contributed by atoms with Crippen LogP contribution in [0.2, 0.25) is 0 Å². The summed E-state index contributed by atoms with van der Waals surface area (Å²) in [7, 11) is 0. The van der Waals surface area contributed by atoms with Crippen molar-refractivity contribution in [2.45, 2.75) is 13.0 Å². The van der Waals surface area contributed by atoms with Gasteiger partial charge in [0.2, 0.25) is 6.79 Å². The summed E-state index contributed by atoms with van der Waals surface area (Å²) in [5.74, 6) is 1.32. The highest BCUT2D eigenvalue weighted by molar-refractivity contribution is 5.45. The Balaban J connectivity index is 1.66. The number of ether oxygens (including phenoxy) is 3. The zero-order chi connectivity index (χ0) is 14.8. The summed E-state index contributed by atoms with van der Waals surface area (Å²) in [6, 6.07) is 9.82. The molecule has 2 aromatic rings. The fraction of sp³-hybridized carbons (Fsp3) is 0.250. The molecule has 0 saturated heterocycles. The SMILES string of the molecule is Cc1ccc(OCC(O)c2ccc3c(c2)OCO3)cc1F. The van der Waals surface area contributed by atoms with Crippen LogP contribution in [-0.4, -0.2) is 18.5 Å². The standard InChI is InChI=1S/C16H15FO4/c1-10-2-4-12(7-13(10)17)19-8-14(18)11-3-5-15-16(6-11)21-9-20-15/h2-7,14,18H,8-9H2,1H3. The highest BCUT2D eigenvalue weighted by atomic mass is 19.1. The molecule has 0 fully saturated rings. The molecular formula is C16H15FO4. The Kier molecular flexibility index (Phi) is 3.66. The van der Waals surface area contributed by atoms with Crippen LogP contribution >= 0.6 is 0 Å². The highest BCUT2D eigenvalue weighted by Crippen LogP contribution is 2.34. The molecule has 1 unspecified atom stereocenters. The maximum Gasteiger partial charge on any atom is 0.231 e. The molecule has 21 heavy (non-hydrogen) atoms. The Morgan fingerprint density at radius 3 is 2.81 bits per heavy atom. The molecule has 2 aromatic carbocycles. The van der Waals surface area contributed by atoms with E-state index in [4.69, 9.17) is 14.2 Å². The van der Waals surface area contributed by atoms with Crippen LogP contribution in [0, 0.1) is 12.7 Å². The fourth-order valence-electron chi connectivity index (χ4n) is 2.06. The molecule has 0 saturated carbocycles. The van der Waals surface area contributed by atoms with Crippen molar-refractivity contribution in [3.8, 4) is 17.2 Å². The minimum atomic E-state index is -0.830. The van der Waals surface area contributed by atoms with Gasteiger partial charge in [0.25, 0.3) is 0 Å². The van der Waals surface area contributed by atoms with E-state index in [0.29, 0.717) is 28.4 Å². The topological polar surface area (TPSA) is 47.9 Å². The monoisotopic (exact) mass is 290 g/mol. The normalized spacial score (nSPS) is 14.0. The molecule has 0 radical (unpaired) electrons. The lowest BCUT2D eigenvalue weighted by Crippen LogP contribution is -2.09. The summed E-state index contributed by atoms with van der Waals surface area (Å²) < 4.78 is 29.3. The third-order valence-corrected chi connectivity index (χ3v) is 3.33. The van der Waals surface area contributed by atoms with Crippen molar-refractivity contribution in [1.82, 2.24) is 0 Å². The summed E-state index contributed by atoms with van der Waals surface area (Å²) in [5, 5.41) is 10.1. The Morgan fingerprint density at radius 2 is 2.00 bits per heavy atom. The number of benzene rings is 2. The molecule has 1 atom stereocenters. The van der Waals surface area contributed by atoms with Gasteiger partial charge in [0, 0.05) is 6.07 Å². The second-order valence-electron chi connectivity index (χ2n) is 4.85. The van der Waals surface area contributed by atoms with Gasteiger partial charge in [-0.1, -0.05) is 12.1 Å². The van der Waals surface area contributed by atoms with Gasteiger partial charge in [0.1, 0.15) is 24.3 Å².